The van der Waals surface area contributed by atoms with Crippen molar-refractivity contribution in [2.45, 2.75) is 26.3 Å². The SMILES string of the molecule is CC(C)(C)n1[nH]c(=O)[nH]c1=O. The Bertz CT molecular complexity index is 349. The molecule has 0 aromatic carbocycles. The zero-order valence-corrected chi connectivity index (χ0v) is 6.76. The van der Waals surface area contributed by atoms with E-state index in [1.54, 1.807) is 0 Å². The molecule has 2 N–H and O–H groups in total. The molecular formula is C6H11N3O2. The molecule has 1 aromatic heterocycles. The van der Waals surface area contributed by atoms with E-state index >= 15 is 0 Å². The van der Waals surface area contributed by atoms with Gasteiger partial charge in [-0.25, -0.2) is 19.4 Å². The topological polar surface area (TPSA) is 70.7 Å². The first kappa shape index (κ1) is 7.84. The normalized spacial score (nSPS) is 11.9. The van der Waals surface area contributed by atoms with Gasteiger partial charge < -0.3 is 0 Å². The van der Waals surface area contributed by atoms with E-state index in [1.807, 2.05) is 20.8 Å². The quantitative estimate of drug-likeness (QED) is 0.539. The smallest absolute Gasteiger partial charge is 0.257 e. The lowest BCUT2D eigenvalue weighted by atomic mass is 10.1. The molecular weight excluding hydrogens is 146 g/mol. The van der Waals surface area contributed by atoms with Crippen LogP contribution in [-0.4, -0.2) is 14.8 Å². The van der Waals surface area contributed by atoms with Crippen molar-refractivity contribution < 1.29 is 0 Å². The second-order valence-corrected chi connectivity index (χ2v) is 3.38. The summed E-state index contributed by atoms with van der Waals surface area (Å²) in [5.41, 5.74) is -1.25. The summed E-state index contributed by atoms with van der Waals surface area (Å²) in [5.74, 6) is 0. The number of rotatable bonds is 0. The summed E-state index contributed by atoms with van der Waals surface area (Å²) in [6, 6.07) is 0. The van der Waals surface area contributed by atoms with Gasteiger partial charge in [-0.15, -0.1) is 0 Å². The third-order valence-corrected chi connectivity index (χ3v) is 1.31. The zero-order valence-electron chi connectivity index (χ0n) is 6.76. The van der Waals surface area contributed by atoms with Gasteiger partial charge in [0, 0.05) is 0 Å². The standard InChI is InChI=1S/C6H11N3O2/c1-6(2,3)9-5(11)7-4(10)8-9/h1-3H3,(H2,7,8,10,11). The third-order valence-electron chi connectivity index (χ3n) is 1.31. The van der Waals surface area contributed by atoms with Crippen molar-refractivity contribution in [2.24, 2.45) is 0 Å². The molecule has 0 aliphatic rings. The number of aromatic amines is 2. The van der Waals surface area contributed by atoms with Crippen LogP contribution >= 0.6 is 0 Å². The van der Waals surface area contributed by atoms with Gasteiger partial charge in [-0.05, 0) is 20.8 Å². The number of hydrogen-bond acceptors (Lipinski definition) is 2. The third kappa shape index (κ3) is 1.42. The molecule has 5 heteroatoms. The molecule has 0 spiro atoms. The summed E-state index contributed by atoms with van der Waals surface area (Å²) in [7, 11) is 0. The molecule has 0 amide bonds. The van der Waals surface area contributed by atoms with Gasteiger partial charge >= 0.3 is 11.4 Å². The van der Waals surface area contributed by atoms with Crippen LogP contribution in [0.3, 0.4) is 0 Å². The molecule has 1 heterocycles. The highest BCUT2D eigenvalue weighted by Crippen LogP contribution is 2.06. The predicted molar refractivity (Wildman–Crippen MR) is 40.7 cm³/mol. The van der Waals surface area contributed by atoms with Crippen molar-refractivity contribution in [1.82, 2.24) is 14.8 Å². The summed E-state index contributed by atoms with van der Waals surface area (Å²) < 4.78 is 1.26. The Labute approximate surface area is 63.0 Å². The maximum Gasteiger partial charge on any atom is 0.344 e. The molecule has 0 aliphatic heterocycles. The van der Waals surface area contributed by atoms with Crippen LogP contribution in [0.2, 0.25) is 0 Å². The minimum atomic E-state index is -0.468. The van der Waals surface area contributed by atoms with E-state index in [-0.39, 0.29) is 5.54 Å². The summed E-state index contributed by atoms with van der Waals surface area (Å²) in [5, 5.41) is 2.38. The van der Waals surface area contributed by atoms with Crippen molar-refractivity contribution in [3.63, 3.8) is 0 Å². The van der Waals surface area contributed by atoms with Crippen molar-refractivity contribution in [2.75, 3.05) is 0 Å². The first-order chi connectivity index (χ1) is 4.91. The maximum atomic E-state index is 11.0. The van der Waals surface area contributed by atoms with E-state index < -0.39 is 11.4 Å². The van der Waals surface area contributed by atoms with E-state index in [2.05, 4.69) is 10.1 Å². The molecule has 5 nitrogen and oxygen atoms in total. The van der Waals surface area contributed by atoms with Crippen LogP contribution in [0.4, 0.5) is 0 Å². The van der Waals surface area contributed by atoms with Gasteiger partial charge in [0.05, 0.1) is 5.54 Å². The second-order valence-electron chi connectivity index (χ2n) is 3.38. The van der Waals surface area contributed by atoms with Gasteiger partial charge in [0.1, 0.15) is 0 Å². The highest BCUT2D eigenvalue weighted by atomic mass is 16.2. The van der Waals surface area contributed by atoms with Crippen LogP contribution in [0.15, 0.2) is 9.59 Å². The van der Waals surface area contributed by atoms with Crippen molar-refractivity contribution in [3.8, 4) is 0 Å². The second kappa shape index (κ2) is 2.11. The molecule has 1 rings (SSSR count). The van der Waals surface area contributed by atoms with Crippen LogP contribution in [0.1, 0.15) is 20.8 Å². The molecule has 11 heavy (non-hydrogen) atoms. The first-order valence-electron chi connectivity index (χ1n) is 3.33. The van der Waals surface area contributed by atoms with Crippen LogP contribution in [0.25, 0.3) is 0 Å². The van der Waals surface area contributed by atoms with Gasteiger partial charge in [-0.1, -0.05) is 0 Å². The van der Waals surface area contributed by atoms with Crippen LogP contribution in [-0.2, 0) is 5.54 Å². The Morgan fingerprint density at radius 2 is 1.82 bits per heavy atom. The molecule has 0 saturated heterocycles. The van der Waals surface area contributed by atoms with Gasteiger partial charge in [0.25, 0.3) is 0 Å². The van der Waals surface area contributed by atoms with Gasteiger partial charge in [0.2, 0.25) is 0 Å². The minimum absolute atomic E-state index is 0.379. The van der Waals surface area contributed by atoms with Crippen LogP contribution in [0, 0.1) is 0 Å². The maximum absolute atomic E-state index is 11.0. The highest BCUT2D eigenvalue weighted by Gasteiger charge is 2.15. The van der Waals surface area contributed by atoms with E-state index in [1.165, 1.54) is 4.68 Å². The van der Waals surface area contributed by atoms with Crippen molar-refractivity contribution >= 4 is 0 Å². The molecule has 0 saturated carbocycles. The Balaban J connectivity index is 3.36. The van der Waals surface area contributed by atoms with Gasteiger partial charge in [0.15, 0.2) is 0 Å². The molecule has 0 atom stereocenters. The summed E-state index contributed by atoms with van der Waals surface area (Å²) >= 11 is 0. The molecule has 1 aromatic rings. The van der Waals surface area contributed by atoms with Gasteiger partial charge in [-0.3, -0.25) is 4.98 Å². The monoisotopic (exact) mass is 157 g/mol. The van der Waals surface area contributed by atoms with E-state index in [4.69, 9.17) is 0 Å². The average Bonchev–Trinajstić information content (AvgIpc) is 2.08. The van der Waals surface area contributed by atoms with Crippen molar-refractivity contribution in [3.05, 3.63) is 21.0 Å². The molecule has 0 unspecified atom stereocenters. The van der Waals surface area contributed by atoms with E-state index in [0.29, 0.717) is 0 Å². The lowest BCUT2D eigenvalue weighted by Gasteiger charge is -2.17. The first-order valence-corrected chi connectivity index (χ1v) is 3.33. The van der Waals surface area contributed by atoms with E-state index in [9.17, 15) is 9.59 Å². The molecule has 62 valence electrons. The largest absolute Gasteiger partial charge is 0.344 e. The van der Waals surface area contributed by atoms with Crippen LogP contribution in [0.5, 0.6) is 0 Å². The summed E-state index contributed by atoms with van der Waals surface area (Å²) in [6.07, 6.45) is 0. The fraction of sp³-hybridized carbons (Fsp3) is 0.667. The summed E-state index contributed by atoms with van der Waals surface area (Å²) in [6.45, 7) is 5.49. The highest BCUT2D eigenvalue weighted by molar-refractivity contribution is 4.73. The number of nitrogens with zero attached hydrogens (tertiary/aromatic N) is 1. The number of nitrogens with one attached hydrogen (secondary N) is 2. The van der Waals surface area contributed by atoms with Crippen LogP contribution < -0.4 is 11.4 Å². The van der Waals surface area contributed by atoms with E-state index in [0.717, 1.165) is 0 Å². The Hall–Kier alpha value is -1.26. The zero-order chi connectivity index (χ0) is 8.65. The number of H-pyrrole nitrogens is 2. The van der Waals surface area contributed by atoms with Gasteiger partial charge in [-0.2, -0.15) is 0 Å². The lowest BCUT2D eigenvalue weighted by molar-refractivity contribution is 0.342. The molecule has 0 aliphatic carbocycles. The average molecular weight is 157 g/mol. The Morgan fingerprint density at radius 3 is 2.00 bits per heavy atom. The fourth-order valence-corrected chi connectivity index (χ4v) is 0.806. The molecule has 0 bridgehead atoms. The Kier molecular flexibility index (Phi) is 1.51. The predicted octanol–water partition coefficient (Wildman–Crippen LogP) is -0.380. The fourth-order valence-electron chi connectivity index (χ4n) is 0.806. The molecule has 0 fully saturated rings. The Morgan fingerprint density at radius 1 is 1.27 bits per heavy atom. The lowest BCUT2D eigenvalue weighted by Crippen LogP contribution is -2.33. The molecule has 0 radical (unpaired) electrons. The van der Waals surface area contributed by atoms with Crippen molar-refractivity contribution in [1.29, 1.82) is 0 Å². The number of aromatic nitrogens is 3. The summed E-state index contributed by atoms with van der Waals surface area (Å²) in [4.78, 5) is 23.7. The minimum Gasteiger partial charge on any atom is -0.257 e. The number of hydrogen-bond donors (Lipinski definition) is 2.